The molecule has 0 spiro atoms. The Morgan fingerprint density at radius 3 is 2.73 bits per heavy atom. The smallest absolute Gasteiger partial charge is 0.216 e. The van der Waals surface area contributed by atoms with E-state index in [1.807, 2.05) is 20.0 Å². The van der Waals surface area contributed by atoms with Crippen LogP contribution in [0.3, 0.4) is 0 Å². The van der Waals surface area contributed by atoms with E-state index in [0.717, 1.165) is 29.3 Å². The van der Waals surface area contributed by atoms with Gasteiger partial charge in [-0.1, -0.05) is 6.92 Å². The summed E-state index contributed by atoms with van der Waals surface area (Å²) in [5.41, 5.74) is 0.968. The van der Waals surface area contributed by atoms with Crippen molar-refractivity contribution in [2.24, 2.45) is 7.05 Å². The first-order valence-corrected chi connectivity index (χ1v) is 7.47. The van der Waals surface area contributed by atoms with Gasteiger partial charge in [0.25, 0.3) is 0 Å². The second kappa shape index (κ2) is 6.54. The summed E-state index contributed by atoms with van der Waals surface area (Å²) < 4.78 is 12.7. The van der Waals surface area contributed by atoms with Gasteiger partial charge in [-0.2, -0.15) is 5.10 Å². The van der Waals surface area contributed by atoms with Crippen molar-refractivity contribution >= 4 is 0 Å². The van der Waals surface area contributed by atoms with Crippen molar-refractivity contribution < 1.29 is 14.3 Å². The second-order valence-corrected chi connectivity index (χ2v) is 5.70. The molecule has 0 saturated carbocycles. The first kappa shape index (κ1) is 16.6. The van der Waals surface area contributed by atoms with E-state index in [0.29, 0.717) is 18.8 Å². The summed E-state index contributed by atoms with van der Waals surface area (Å²) in [6.07, 6.45) is 0.835. The number of hydrogen-bond donors (Lipinski definition) is 2. The fourth-order valence-electron chi connectivity index (χ4n) is 2.56. The molecule has 6 nitrogen and oxygen atoms in total. The van der Waals surface area contributed by atoms with E-state index in [9.17, 15) is 5.11 Å². The molecule has 0 aliphatic heterocycles. The van der Waals surface area contributed by atoms with Crippen molar-refractivity contribution in [2.75, 3.05) is 13.7 Å². The third-order valence-electron chi connectivity index (χ3n) is 3.74. The second-order valence-electron chi connectivity index (χ2n) is 5.70. The maximum Gasteiger partial charge on any atom is 0.216 e. The van der Waals surface area contributed by atoms with Crippen molar-refractivity contribution in [3.05, 3.63) is 34.9 Å². The minimum absolute atomic E-state index is 0.376. The van der Waals surface area contributed by atoms with E-state index in [1.165, 1.54) is 0 Å². The summed E-state index contributed by atoms with van der Waals surface area (Å²) in [6, 6.07) is 3.66. The van der Waals surface area contributed by atoms with Crippen LogP contribution in [-0.4, -0.2) is 28.5 Å². The van der Waals surface area contributed by atoms with Crippen LogP contribution in [0.1, 0.15) is 36.6 Å². The molecule has 122 valence electrons. The molecule has 2 rings (SSSR count). The van der Waals surface area contributed by atoms with Gasteiger partial charge in [0.2, 0.25) is 5.88 Å². The summed E-state index contributed by atoms with van der Waals surface area (Å²) in [5.74, 6) is 2.10. The molecule has 2 aromatic rings. The highest BCUT2D eigenvalue weighted by molar-refractivity contribution is 5.31. The van der Waals surface area contributed by atoms with E-state index in [4.69, 9.17) is 9.15 Å². The number of ether oxygens (including phenoxy) is 1. The lowest BCUT2D eigenvalue weighted by atomic mass is 10.0. The van der Waals surface area contributed by atoms with Crippen LogP contribution in [-0.2, 0) is 25.6 Å². The molecule has 2 aromatic heterocycles. The van der Waals surface area contributed by atoms with Crippen LogP contribution in [0.25, 0.3) is 0 Å². The van der Waals surface area contributed by atoms with Gasteiger partial charge in [-0.15, -0.1) is 0 Å². The number of hydrogen-bond acceptors (Lipinski definition) is 5. The third-order valence-corrected chi connectivity index (χ3v) is 3.74. The maximum absolute atomic E-state index is 10.5. The minimum atomic E-state index is -1.06. The largest absolute Gasteiger partial charge is 0.481 e. The van der Waals surface area contributed by atoms with Crippen molar-refractivity contribution in [3.8, 4) is 5.88 Å². The van der Waals surface area contributed by atoms with E-state index >= 15 is 0 Å². The van der Waals surface area contributed by atoms with Crippen LogP contribution in [0.15, 0.2) is 16.5 Å². The predicted octanol–water partition coefficient (Wildman–Crippen LogP) is 1.89. The summed E-state index contributed by atoms with van der Waals surface area (Å²) in [6.45, 7) is 6.62. The van der Waals surface area contributed by atoms with Crippen LogP contribution >= 0.6 is 0 Å². The van der Waals surface area contributed by atoms with Crippen molar-refractivity contribution in [1.82, 2.24) is 15.1 Å². The van der Waals surface area contributed by atoms with Gasteiger partial charge >= 0.3 is 0 Å². The average molecular weight is 307 g/mol. The van der Waals surface area contributed by atoms with Gasteiger partial charge < -0.3 is 19.6 Å². The van der Waals surface area contributed by atoms with Gasteiger partial charge in [-0.3, -0.25) is 0 Å². The quantitative estimate of drug-likeness (QED) is 0.817. The summed E-state index contributed by atoms with van der Waals surface area (Å²) >= 11 is 0. The van der Waals surface area contributed by atoms with Crippen LogP contribution in [0.4, 0.5) is 0 Å². The van der Waals surface area contributed by atoms with Crippen LogP contribution in [0.2, 0.25) is 0 Å². The van der Waals surface area contributed by atoms with E-state index in [1.54, 1.807) is 24.8 Å². The first-order chi connectivity index (χ1) is 10.4. The normalized spacial score (nSPS) is 14.1. The Hall–Kier alpha value is -1.79. The van der Waals surface area contributed by atoms with Crippen molar-refractivity contribution in [2.45, 2.75) is 39.3 Å². The summed E-state index contributed by atoms with van der Waals surface area (Å²) in [4.78, 5) is 0. The van der Waals surface area contributed by atoms with E-state index < -0.39 is 5.60 Å². The Kier molecular flexibility index (Phi) is 4.93. The minimum Gasteiger partial charge on any atom is -0.481 e. The Labute approximate surface area is 131 Å². The van der Waals surface area contributed by atoms with Crippen LogP contribution in [0, 0.1) is 6.92 Å². The zero-order valence-corrected chi connectivity index (χ0v) is 13.9. The number of aromatic nitrogens is 2. The molecular formula is C16H25N3O3. The van der Waals surface area contributed by atoms with E-state index in [-0.39, 0.29) is 0 Å². The molecule has 0 fully saturated rings. The highest BCUT2D eigenvalue weighted by Gasteiger charge is 2.27. The molecule has 6 heteroatoms. The van der Waals surface area contributed by atoms with Gasteiger partial charge in [0.15, 0.2) is 0 Å². The molecule has 22 heavy (non-hydrogen) atoms. The summed E-state index contributed by atoms with van der Waals surface area (Å²) in [5, 5.41) is 18.2. The first-order valence-electron chi connectivity index (χ1n) is 7.47. The Bertz CT molecular complexity index is 629. The van der Waals surface area contributed by atoms with Crippen LogP contribution in [0.5, 0.6) is 5.88 Å². The molecule has 0 radical (unpaired) electrons. The lowest BCUT2D eigenvalue weighted by Crippen LogP contribution is -2.35. The van der Waals surface area contributed by atoms with Crippen LogP contribution < -0.4 is 10.1 Å². The molecule has 0 saturated heterocycles. The van der Waals surface area contributed by atoms with Gasteiger partial charge in [-0.25, -0.2) is 4.68 Å². The Balaban J connectivity index is 2.05. The van der Waals surface area contributed by atoms with Crippen molar-refractivity contribution in [1.29, 1.82) is 0 Å². The number of nitrogens with zero attached hydrogens (tertiary/aromatic N) is 2. The standard InChI is InChI=1S/C16H25N3O3/c1-6-13-12(15(21-5)19(4)18-13)9-17-10-16(3,20)14-8-7-11(2)22-14/h7-8,17,20H,6,9-10H2,1-5H3. The SMILES string of the molecule is CCc1nn(C)c(OC)c1CNCC(C)(O)c1ccc(C)o1. The predicted molar refractivity (Wildman–Crippen MR) is 83.9 cm³/mol. The monoisotopic (exact) mass is 307 g/mol. The fraction of sp³-hybridized carbons (Fsp3) is 0.562. The molecule has 0 aliphatic rings. The van der Waals surface area contributed by atoms with Gasteiger partial charge in [0.05, 0.1) is 18.4 Å². The Morgan fingerprint density at radius 2 is 2.18 bits per heavy atom. The summed E-state index contributed by atoms with van der Waals surface area (Å²) in [7, 11) is 3.50. The number of aryl methyl sites for hydroxylation is 3. The number of nitrogens with one attached hydrogen (secondary N) is 1. The zero-order chi connectivity index (χ0) is 16.3. The van der Waals surface area contributed by atoms with Gasteiger partial charge in [0.1, 0.15) is 17.1 Å². The van der Waals surface area contributed by atoms with Gasteiger partial charge in [0, 0.05) is 20.1 Å². The average Bonchev–Trinajstić information content (AvgIpc) is 3.03. The maximum atomic E-state index is 10.5. The number of furan rings is 1. The van der Waals surface area contributed by atoms with E-state index in [2.05, 4.69) is 17.3 Å². The fourth-order valence-corrected chi connectivity index (χ4v) is 2.56. The van der Waals surface area contributed by atoms with Crippen molar-refractivity contribution in [3.63, 3.8) is 0 Å². The third kappa shape index (κ3) is 3.34. The molecule has 2 heterocycles. The number of aliphatic hydroxyl groups is 1. The lowest BCUT2D eigenvalue weighted by Gasteiger charge is -2.21. The molecule has 1 unspecified atom stereocenters. The molecule has 0 aromatic carbocycles. The molecule has 2 N–H and O–H groups in total. The molecule has 0 amide bonds. The molecule has 0 bridgehead atoms. The van der Waals surface area contributed by atoms with Gasteiger partial charge in [-0.05, 0) is 32.4 Å². The lowest BCUT2D eigenvalue weighted by molar-refractivity contribution is 0.0332. The molecule has 1 atom stereocenters. The number of rotatable bonds is 7. The highest BCUT2D eigenvalue weighted by Crippen LogP contribution is 2.24. The topological polar surface area (TPSA) is 72.5 Å². The zero-order valence-electron chi connectivity index (χ0n) is 13.9. The Morgan fingerprint density at radius 1 is 1.45 bits per heavy atom. The molecular weight excluding hydrogens is 282 g/mol. The molecule has 0 aliphatic carbocycles. The highest BCUT2D eigenvalue weighted by atomic mass is 16.5. The number of methoxy groups -OCH3 is 1.